The van der Waals surface area contributed by atoms with Gasteiger partial charge in [-0.05, 0) is 36.6 Å². The van der Waals surface area contributed by atoms with E-state index in [1.54, 1.807) is 47.8 Å². The lowest BCUT2D eigenvalue weighted by Gasteiger charge is -2.45. The average Bonchev–Trinajstić information content (AvgIpc) is 3.39. The van der Waals surface area contributed by atoms with Gasteiger partial charge in [0.15, 0.2) is 0 Å². The van der Waals surface area contributed by atoms with Gasteiger partial charge in [-0.2, -0.15) is 4.94 Å². The van der Waals surface area contributed by atoms with Crippen molar-refractivity contribution in [3.63, 3.8) is 0 Å². The number of nitrogens with zero attached hydrogens (tertiary/aromatic N) is 3. The Kier molecular flexibility index (Phi) is 6.57. The molecule has 0 aromatic heterocycles. The molecule has 0 aliphatic carbocycles. The number of likely N-dealkylation sites (tertiary alicyclic amines) is 1. The van der Waals surface area contributed by atoms with Crippen LogP contribution in [0.4, 0.5) is 0 Å². The fraction of sp³-hybridized carbons (Fsp3) is 0.440. The summed E-state index contributed by atoms with van der Waals surface area (Å²) in [7, 11) is 0. The van der Waals surface area contributed by atoms with Crippen LogP contribution < -0.4 is 10.8 Å². The van der Waals surface area contributed by atoms with E-state index in [-0.39, 0.29) is 17.9 Å². The summed E-state index contributed by atoms with van der Waals surface area (Å²) in [6.45, 7) is 5.62. The highest BCUT2D eigenvalue weighted by molar-refractivity contribution is 6.36. The number of hydrogen-bond donors (Lipinski definition) is 2. The smallest absolute Gasteiger partial charge is 0.253 e. The molecule has 0 saturated carbocycles. The number of amides is 2. The normalized spacial score (nSPS) is 23.1. The van der Waals surface area contributed by atoms with Gasteiger partial charge in [0.05, 0.1) is 30.1 Å². The van der Waals surface area contributed by atoms with Crippen molar-refractivity contribution < 1.29 is 14.5 Å². The maximum atomic E-state index is 13.6. The molecule has 2 saturated heterocycles. The summed E-state index contributed by atoms with van der Waals surface area (Å²) in [5.74, 6) is 0.396. The fourth-order valence-electron chi connectivity index (χ4n) is 5.21. The molecule has 5 rings (SSSR count). The molecule has 0 bridgehead atoms. The van der Waals surface area contributed by atoms with Gasteiger partial charge < -0.3 is 9.80 Å². The van der Waals surface area contributed by atoms with Crippen LogP contribution in [-0.2, 0) is 21.1 Å². The van der Waals surface area contributed by atoms with Crippen molar-refractivity contribution in [1.29, 1.82) is 0 Å². The number of fused-ring (bicyclic) bond motifs is 1. The molecule has 1 aromatic rings. The maximum Gasteiger partial charge on any atom is 0.253 e. The van der Waals surface area contributed by atoms with Gasteiger partial charge in [-0.15, -0.1) is 0 Å². The van der Waals surface area contributed by atoms with Crippen molar-refractivity contribution in [3.05, 3.63) is 69.6 Å². The molecule has 1 aromatic carbocycles. The number of carbonyl (C=O) groups is 2. The Morgan fingerprint density at radius 1 is 1.23 bits per heavy atom. The Morgan fingerprint density at radius 3 is 2.63 bits per heavy atom. The molecule has 4 heterocycles. The van der Waals surface area contributed by atoms with E-state index in [0.29, 0.717) is 54.0 Å². The van der Waals surface area contributed by atoms with E-state index in [4.69, 9.17) is 28.1 Å². The van der Waals surface area contributed by atoms with Crippen LogP contribution in [0, 0.1) is 5.92 Å². The topological polar surface area (TPSA) is 77.2 Å². The highest BCUT2D eigenvalue weighted by Crippen LogP contribution is 2.38. The molecule has 35 heavy (non-hydrogen) atoms. The summed E-state index contributed by atoms with van der Waals surface area (Å²) in [4.78, 5) is 35.7. The molecular weight excluding hydrogens is 489 g/mol. The van der Waals surface area contributed by atoms with Gasteiger partial charge in [0.1, 0.15) is 0 Å². The predicted octanol–water partition coefficient (Wildman–Crippen LogP) is 3.71. The van der Waals surface area contributed by atoms with Crippen molar-refractivity contribution in [3.8, 4) is 0 Å². The first-order chi connectivity index (χ1) is 16.8. The lowest BCUT2D eigenvalue weighted by atomic mass is 9.94. The molecule has 2 fully saturated rings. The monoisotopic (exact) mass is 517 g/mol. The third-order valence-corrected chi connectivity index (χ3v) is 7.75. The van der Waals surface area contributed by atoms with Crippen molar-refractivity contribution in [2.75, 3.05) is 13.1 Å². The third-order valence-electron chi connectivity index (χ3n) is 7.04. The second-order valence-electron chi connectivity index (χ2n) is 9.79. The number of benzene rings is 1. The molecule has 4 aliphatic heterocycles. The Hall–Kier alpha value is -2.52. The minimum atomic E-state index is -0.546. The number of hydrogen-bond acceptors (Lipinski definition) is 6. The maximum absolute atomic E-state index is 13.6. The van der Waals surface area contributed by atoms with Crippen LogP contribution in [0.3, 0.4) is 0 Å². The van der Waals surface area contributed by atoms with Crippen LogP contribution in [0.1, 0.15) is 38.7 Å². The SMILES string of the molecule is CC(C)CC1NC2(CCN(C(=O)C3=CC4=CNON4C=C3)CC2)N(Cc2c(Cl)cccc2Cl)C1=O. The highest BCUT2D eigenvalue weighted by Gasteiger charge is 2.52. The van der Waals surface area contributed by atoms with Gasteiger partial charge in [0.2, 0.25) is 5.91 Å². The van der Waals surface area contributed by atoms with Crippen molar-refractivity contribution in [2.24, 2.45) is 5.92 Å². The highest BCUT2D eigenvalue weighted by atomic mass is 35.5. The Morgan fingerprint density at radius 2 is 1.94 bits per heavy atom. The van der Waals surface area contributed by atoms with Gasteiger partial charge in [-0.1, -0.05) is 43.1 Å². The standard InChI is InChI=1S/C25H29Cl2N5O3/c1-16(2)12-22-24(34)31(15-19-20(26)4-3-5-21(19)27)25(29-22)7-10-30(11-8-25)23(33)17-6-9-32-18(13-17)14-28-35-32/h3-6,9,13-14,16,22,28-29H,7-8,10-12,15H2,1-2H3. The molecule has 10 heteroatoms. The molecule has 2 N–H and O–H groups in total. The molecule has 8 nitrogen and oxygen atoms in total. The molecule has 1 spiro atoms. The quantitative estimate of drug-likeness (QED) is 0.619. The van der Waals surface area contributed by atoms with Crippen LogP contribution in [-0.4, -0.2) is 51.5 Å². The lowest BCUT2D eigenvalue weighted by Crippen LogP contribution is -2.59. The number of piperidine rings is 1. The van der Waals surface area contributed by atoms with Crippen LogP contribution in [0.25, 0.3) is 0 Å². The number of carbonyl (C=O) groups excluding carboxylic acids is 2. The van der Waals surface area contributed by atoms with E-state index >= 15 is 0 Å². The van der Waals surface area contributed by atoms with Gasteiger partial charge in [-0.25, -0.2) is 10.5 Å². The lowest BCUT2D eigenvalue weighted by molar-refractivity contribution is -0.136. The Bertz CT molecular complexity index is 1100. The van der Waals surface area contributed by atoms with E-state index in [2.05, 4.69) is 24.6 Å². The van der Waals surface area contributed by atoms with Crippen molar-refractivity contribution in [1.82, 2.24) is 25.7 Å². The van der Waals surface area contributed by atoms with Gasteiger partial charge in [-0.3, -0.25) is 14.9 Å². The second kappa shape index (κ2) is 9.50. The molecule has 186 valence electrons. The summed E-state index contributed by atoms with van der Waals surface area (Å²) in [6, 6.07) is 5.12. The minimum absolute atomic E-state index is 0.0349. The van der Waals surface area contributed by atoms with Gasteiger partial charge in [0.25, 0.3) is 5.91 Å². The zero-order chi connectivity index (χ0) is 24.7. The number of halogens is 2. The largest absolute Gasteiger partial charge is 0.338 e. The molecule has 0 radical (unpaired) electrons. The molecule has 2 amide bonds. The fourth-order valence-corrected chi connectivity index (χ4v) is 5.73. The Balaban J connectivity index is 1.35. The summed E-state index contributed by atoms with van der Waals surface area (Å²) < 4.78 is 0. The molecule has 4 aliphatic rings. The Labute approximate surface area is 215 Å². The van der Waals surface area contributed by atoms with Crippen molar-refractivity contribution >= 4 is 35.0 Å². The van der Waals surface area contributed by atoms with E-state index in [1.165, 1.54) is 0 Å². The first-order valence-electron chi connectivity index (χ1n) is 11.9. The number of nitrogens with one attached hydrogen (secondary N) is 2. The van der Waals surface area contributed by atoms with Gasteiger partial charge >= 0.3 is 0 Å². The zero-order valence-corrected chi connectivity index (χ0v) is 21.3. The molecular formula is C25H29Cl2N5O3. The first-order valence-corrected chi connectivity index (χ1v) is 12.7. The number of allylic oxidation sites excluding steroid dienone is 1. The van der Waals surface area contributed by atoms with Crippen molar-refractivity contribution in [2.45, 2.75) is 51.4 Å². The predicted molar refractivity (Wildman–Crippen MR) is 133 cm³/mol. The minimum Gasteiger partial charge on any atom is -0.338 e. The number of rotatable bonds is 5. The van der Waals surface area contributed by atoms with E-state index in [0.717, 1.165) is 17.7 Å². The second-order valence-corrected chi connectivity index (χ2v) is 10.6. The summed E-state index contributed by atoms with van der Waals surface area (Å²) in [6.07, 6.45) is 8.95. The molecule has 1 atom stereocenters. The van der Waals surface area contributed by atoms with Crippen LogP contribution in [0.5, 0.6) is 0 Å². The summed E-state index contributed by atoms with van der Waals surface area (Å²) in [5.41, 5.74) is 4.24. The summed E-state index contributed by atoms with van der Waals surface area (Å²) in [5, 5.41) is 6.30. The van der Waals surface area contributed by atoms with E-state index < -0.39 is 5.66 Å². The number of hydroxylamine groups is 3. The van der Waals surface area contributed by atoms with Crippen LogP contribution in [0.15, 0.2) is 54.0 Å². The summed E-state index contributed by atoms with van der Waals surface area (Å²) >= 11 is 12.9. The zero-order valence-electron chi connectivity index (χ0n) is 19.8. The van der Waals surface area contributed by atoms with Crippen LogP contribution >= 0.6 is 23.2 Å². The van der Waals surface area contributed by atoms with Gasteiger partial charge in [0, 0.05) is 53.3 Å². The van der Waals surface area contributed by atoms with Crippen LogP contribution in [0.2, 0.25) is 10.0 Å². The average molecular weight is 518 g/mol. The third kappa shape index (κ3) is 4.56. The van der Waals surface area contributed by atoms with E-state index in [9.17, 15) is 9.59 Å². The first kappa shape index (κ1) is 24.2. The molecule has 1 unspecified atom stereocenters. The van der Waals surface area contributed by atoms with E-state index in [1.807, 2.05) is 9.80 Å².